The maximum atomic E-state index is 9.35. The minimum absolute atomic E-state index is 0.154. The summed E-state index contributed by atoms with van der Waals surface area (Å²) >= 11 is 0. The van der Waals surface area contributed by atoms with E-state index in [9.17, 15) is 5.26 Å². The molecule has 0 heterocycles. The second-order valence-electron chi connectivity index (χ2n) is 5.71. The van der Waals surface area contributed by atoms with E-state index in [0.717, 1.165) is 30.8 Å². The molecule has 0 N–H and O–H groups in total. The normalized spacial score (nSPS) is 16.4. The third-order valence-electron chi connectivity index (χ3n) is 4.29. The molecule has 1 aliphatic carbocycles. The average Bonchev–Trinajstić information content (AvgIpc) is 2.36. The van der Waals surface area contributed by atoms with Crippen LogP contribution in [0.15, 0.2) is 12.1 Å². The number of aryl methyl sites for hydroxylation is 2. The maximum absolute atomic E-state index is 9.35. The molecule has 2 rings (SSSR count). The van der Waals surface area contributed by atoms with Gasteiger partial charge in [-0.15, -0.1) is 0 Å². The number of ether oxygens (including phenoxy) is 1. The lowest BCUT2D eigenvalue weighted by atomic mass is 9.69. The summed E-state index contributed by atoms with van der Waals surface area (Å²) in [5.74, 6) is 0.887. The second-order valence-corrected chi connectivity index (χ2v) is 5.71. The van der Waals surface area contributed by atoms with Crippen LogP contribution in [0.2, 0.25) is 0 Å². The molecule has 0 aliphatic heterocycles. The molecule has 3 nitrogen and oxygen atoms in total. The van der Waals surface area contributed by atoms with E-state index >= 15 is 0 Å². The van der Waals surface area contributed by atoms with E-state index < -0.39 is 0 Å². The molecule has 3 heteroatoms. The Morgan fingerprint density at radius 3 is 2.42 bits per heavy atom. The highest BCUT2D eigenvalue weighted by atomic mass is 16.5. The van der Waals surface area contributed by atoms with Crippen molar-refractivity contribution in [3.8, 4) is 11.8 Å². The lowest BCUT2D eigenvalue weighted by Gasteiger charge is -2.39. The number of nitrogens with zero attached hydrogens (tertiary/aromatic N) is 2. The smallest absolute Gasteiger partial charge is 0.142 e. The van der Waals surface area contributed by atoms with Crippen molar-refractivity contribution in [2.45, 2.75) is 33.1 Å². The summed E-state index contributed by atoms with van der Waals surface area (Å²) in [6.45, 7) is 4.97. The molecule has 0 aromatic heterocycles. The van der Waals surface area contributed by atoms with Crippen LogP contribution in [0.4, 0.5) is 5.69 Å². The first-order valence-corrected chi connectivity index (χ1v) is 6.79. The Bertz CT molecular complexity index is 512. The Morgan fingerprint density at radius 2 is 1.95 bits per heavy atom. The number of benzene rings is 1. The van der Waals surface area contributed by atoms with Crippen molar-refractivity contribution < 1.29 is 4.74 Å². The molecule has 102 valence electrons. The van der Waals surface area contributed by atoms with Gasteiger partial charge in [0.25, 0.3) is 0 Å². The first-order valence-electron chi connectivity index (χ1n) is 6.79. The van der Waals surface area contributed by atoms with Crippen LogP contribution in [0, 0.1) is 30.6 Å². The van der Waals surface area contributed by atoms with Gasteiger partial charge in [0.2, 0.25) is 0 Å². The molecule has 19 heavy (non-hydrogen) atoms. The molecule has 0 radical (unpaired) electrons. The Balaban J connectivity index is 2.26. The van der Waals surface area contributed by atoms with E-state index in [1.165, 1.54) is 17.5 Å². The van der Waals surface area contributed by atoms with Gasteiger partial charge in [0.1, 0.15) is 5.75 Å². The van der Waals surface area contributed by atoms with Crippen molar-refractivity contribution in [2.24, 2.45) is 5.41 Å². The van der Waals surface area contributed by atoms with E-state index in [1.54, 1.807) is 7.11 Å². The molecule has 0 amide bonds. The van der Waals surface area contributed by atoms with E-state index in [-0.39, 0.29) is 5.41 Å². The lowest BCUT2D eigenvalue weighted by Crippen LogP contribution is -2.39. The van der Waals surface area contributed by atoms with Crippen LogP contribution >= 0.6 is 0 Å². The number of rotatable bonds is 4. The van der Waals surface area contributed by atoms with Crippen molar-refractivity contribution >= 4 is 5.69 Å². The summed E-state index contributed by atoms with van der Waals surface area (Å²) in [5.41, 5.74) is 3.40. The second kappa shape index (κ2) is 5.13. The molecule has 1 aliphatic rings. The average molecular weight is 258 g/mol. The van der Waals surface area contributed by atoms with Crippen molar-refractivity contribution in [1.82, 2.24) is 0 Å². The number of hydrogen-bond acceptors (Lipinski definition) is 3. The first-order chi connectivity index (χ1) is 9.01. The molecule has 1 saturated carbocycles. The van der Waals surface area contributed by atoms with Crippen molar-refractivity contribution in [2.75, 3.05) is 25.6 Å². The van der Waals surface area contributed by atoms with Crippen molar-refractivity contribution in [3.05, 3.63) is 23.3 Å². The van der Waals surface area contributed by atoms with Gasteiger partial charge in [-0.3, -0.25) is 0 Å². The molecule has 1 aromatic rings. The highest BCUT2D eigenvalue weighted by Crippen LogP contribution is 2.42. The number of nitriles is 1. The molecule has 0 unspecified atom stereocenters. The number of methoxy groups -OCH3 is 1. The minimum atomic E-state index is -0.154. The topological polar surface area (TPSA) is 36.3 Å². The van der Waals surface area contributed by atoms with Crippen LogP contribution < -0.4 is 9.64 Å². The van der Waals surface area contributed by atoms with Gasteiger partial charge in [-0.05, 0) is 49.9 Å². The predicted octanol–water partition coefficient (Wildman–Crippen LogP) is 3.44. The zero-order valence-electron chi connectivity index (χ0n) is 12.3. The molecule has 1 aromatic carbocycles. The molecular weight excluding hydrogens is 236 g/mol. The fourth-order valence-corrected chi connectivity index (χ4v) is 2.68. The number of anilines is 1. The third kappa shape index (κ3) is 2.53. The highest BCUT2D eigenvalue weighted by molar-refractivity contribution is 5.61. The Kier molecular flexibility index (Phi) is 3.71. The van der Waals surface area contributed by atoms with Crippen LogP contribution in [-0.2, 0) is 0 Å². The molecule has 0 saturated heterocycles. The molecule has 1 fully saturated rings. The fraction of sp³-hybridized carbons (Fsp3) is 0.562. The Labute approximate surface area is 115 Å². The van der Waals surface area contributed by atoms with Crippen molar-refractivity contribution in [1.29, 1.82) is 5.26 Å². The van der Waals surface area contributed by atoms with Gasteiger partial charge in [-0.25, -0.2) is 0 Å². The van der Waals surface area contributed by atoms with Crippen molar-refractivity contribution in [3.63, 3.8) is 0 Å². The summed E-state index contributed by atoms with van der Waals surface area (Å²) < 4.78 is 5.48. The van der Waals surface area contributed by atoms with Gasteiger partial charge in [-0.2, -0.15) is 5.26 Å². The number of hydrogen-bond donors (Lipinski definition) is 0. The Hall–Kier alpha value is -1.69. The lowest BCUT2D eigenvalue weighted by molar-refractivity contribution is 0.222. The first kappa shape index (κ1) is 13.7. The monoisotopic (exact) mass is 258 g/mol. The Morgan fingerprint density at radius 1 is 1.32 bits per heavy atom. The van der Waals surface area contributed by atoms with Gasteiger partial charge >= 0.3 is 0 Å². The highest BCUT2D eigenvalue weighted by Gasteiger charge is 2.38. The van der Waals surface area contributed by atoms with E-state index in [2.05, 4.69) is 36.9 Å². The van der Waals surface area contributed by atoms with Crippen LogP contribution in [-0.4, -0.2) is 20.7 Å². The SMILES string of the molecule is COc1cc(C)c(C)cc1N(C)CC1(C#N)CCC1. The van der Waals surface area contributed by atoms with Crippen LogP contribution in [0.3, 0.4) is 0 Å². The van der Waals surface area contributed by atoms with Gasteiger partial charge in [0, 0.05) is 13.6 Å². The zero-order valence-corrected chi connectivity index (χ0v) is 12.3. The quantitative estimate of drug-likeness (QED) is 0.830. The minimum Gasteiger partial charge on any atom is -0.495 e. The van der Waals surface area contributed by atoms with Crippen LogP contribution in [0.5, 0.6) is 5.75 Å². The fourth-order valence-electron chi connectivity index (χ4n) is 2.68. The van der Waals surface area contributed by atoms with E-state index in [0.29, 0.717) is 0 Å². The molecular formula is C16H22N2O. The van der Waals surface area contributed by atoms with Crippen LogP contribution in [0.1, 0.15) is 30.4 Å². The predicted molar refractivity (Wildman–Crippen MR) is 77.6 cm³/mol. The summed E-state index contributed by atoms with van der Waals surface area (Å²) in [7, 11) is 3.74. The van der Waals surface area contributed by atoms with E-state index in [1.807, 2.05) is 7.05 Å². The van der Waals surface area contributed by atoms with Gasteiger partial charge in [-0.1, -0.05) is 6.42 Å². The molecule has 0 spiro atoms. The van der Waals surface area contributed by atoms with E-state index in [4.69, 9.17) is 4.74 Å². The largest absolute Gasteiger partial charge is 0.495 e. The van der Waals surface area contributed by atoms with Gasteiger partial charge < -0.3 is 9.64 Å². The molecule has 0 atom stereocenters. The van der Waals surface area contributed by atoms with Gasteiger partial charge in [0.05, 0.1) is 24.3 Å². The van der Waals surface area contributed by atoms with Gasteiger partial charge in [0.15, 0.2) is 0 Å². The summed E-state index contributed by atoms with van der Waals surface area (Å²) in [5, 5.41) is 9.35. The summed E-state index contributed by atoms with van der Waals surface area (Å²) in [4.78, 5) is 2.16. The molecule has 0 bridgehead atoms. The third-order valence-corrected chi connectivity index (χ3v) is 4.29. The van der Waals surface area contributed by atoms with Crippen LogP contribution in [0.25, 0.3) is 0 Å². The zero-order chi connectivity index (χ0) is 14.0. The standard InChI is InChI=1S/C16H22N2O/c1-12-8-14(15(19-4)9-13(12)2)18(3)11-16(10-17)6-5-7-16/h8-9H,5-7,11H2,1-4H3. The maximum Gasteiger partial charge on any atom is 0.142 e. The summed E-state index contributed by atoms with van der Waals surface area (Å²) in [6.07, 6.45) is 3.20. The summed E-state index contributed by atoms with van der Waals surface area (Å²) in [6, 6.07) is 6.72.